The summed E-state index contributed by atoms with van der Waals surface area (Å²) < 4.78 is 5.01. The number of thiophene rings is 1. The molecule has 1 aliphatic carbocycles. The van der Waals surface area contributed by atoms with E-state index in [0.717, 1.165) is 6.42 Å². The quantitative estimate of drug-likeness (QED) is 0.726. The van der Waals surface area contributed by atoms with Gasteiger partial charge in [-0.3, -0.25) is 4.79 Å². The molecule has 5 heteroatoms. The van der Waals surface area contributed by atoms with Crippen LogP contribution in [0.4, 0.5) is 0 Å². The zero-order valence-electron chi connectivity index (χ0n) is 12.7. The molecule has 21 heavy (non-hydrogen) atoms. The van der Waals surface area contributed by atoms with Crippen molar-refractivity contribution in [2.24, 2.45) is 11.7 Å². The Labute approximate surface area is 131 Å². The fraction of sp³-hybridized carbons (Fsp3) is 0.688. The van der Waals surface area contributed by atoms with Crippen LogP contribution in [0.15, 0.2) is 17.5 Å². The molecule has 1 heterocycles. The van der Waals surface area contributed by atoms with Crippen LogP contribution in [-0.4, -0.2) is 25.7 Å². The highest BCUT2D eigenvalue weighted by atomic mass is 32.1. The summed E-state index contributed by atoms with van der Waals surface area (Å²) in [6.07, 6.45) is 6.41. The van der Waals surface area contributed by atoms with Crippen LogP contribution in [0.2, 0.25) is 0 Å². The number of carbonyl (C=O) groups excluding carboxylic acids is 1. The summed E-state index contributed by atoms with van der Waals surface area (Å²) in [5.41, 5.74) is 5.99. The van der Waals surface area contributed by atoms with E-state index in [-0.39, 0.29) is 11.9 Å². The van der Waals surface area contributed by atoms with Crippen molar-refractivity contribution in [2.75, 3.05) is 13.7 Å². The number of hydrogen-bond donors (Lipinski definition) is 2. The first kappa shape index (κ1) is 16.5. The second kappa shape index (κ2) is 8.51. The lowest BCUT2D eigenvalue weighted by molar-refractivity contribution is -0.123. The molecule has 0 aromatic carbocycles. The van der Waals surface area contributed by atoms with Gasteiger partial charge in [0, 0.05) is 18.6 Å². The highest BCUT2D eigenvalue weighted by Crippen LogP contribution is 2.37. The van der Waals surface area contributed by atoms with Crippen LogP contribution in [0.1, 0.15) is 49.4 Å². The fourth-order valence-corrected chi connectivity index (χ4v) is 3.89. The van der Waals surface area contributed by atoms with Gasteiger partial charge in [-0.1, -0.05) is 18.9 Å². The molecule has 2 atom stereocenters. The largest absolute Gasteiger partial charge is 0.385 e. The average molecular weight is 310 g/mol. The van der Waals surface area contributed by atoms with Gasteiger partial charge in [-0.2, -0.15) is 0 Å². The van der Waals surface area contributed by atoms with Crippen LogP contribution < -0.4 is 11.1 Å². The molecule has 0 bridgehead atoms. The lowest BCUT2D eigenvalue weighted by atomic mass is 9.96. The average Bonchev–Trinajstić information content (AvgIpc) is 3.17. The van der Waals surface area contributed by atoms with E-state index < -0.39 is 6.04 Å². The number of nitrogens with one attached hydrogen (secondary N) is 1. The molecule has 1 fully saturated rings. The number of hydrogen-bond acceptors (Lipinski definition) is 4. The maximum atomic E-state index is 12.3. The summed E-state index contributed by atoms with van der Waals surface area (Å²) in [6, 6.07) is 3.86. The van der Waals surface area contributed by atoms with Crippen molar-refractivity contribution >= 4 is 17.2 Å². The number of carbonyl (C=O) groups is 1. The number of ether oxygens (including phenoxy) is 1. The minimum atomic E-state index is -0.441. The minimum absolute atomic E-state index is 0.0311. The number of rotatable bonds is 8. The lowest BCUT2D eigenvalue weighted by Gasteiger charge is -2.25. The molecule has 3 N–H and O–H groups in total. The zero-order valence-corrected chi connectivity index (χ0v) is 13.5. The topological polar surface area (TPSA) is 64.3 Å². The van der Waals surface area contributed by atoms with Gasteiger partial charge < -0.3 is 15.8 Å². The summed E-state index contributed by atoms with van der Waals surface area (Å²) in [5.74, 6) is 0.523. The van der Waals surface area contributed by atoms with E-state index in [9.17, 15) is 4.79 Å². The molecule has 2 unspecified atom stereocenters. The Morgan fingerprint density at radius 3 is 2.90 bits per heavy atom. The van der Waals surface area contributed by atoms with Crippen molar-refractivity contribution in [1.29, 1.82) is 0 Å². The van der Waals surface area contributed by atoms with Crippen molar-refractivity contribution in [3.63, 3.8) is 0 Å². The Bertz CT molecular complexity index is 416. The van der Waals surface area contributed by atoms with Gasteiger partial charge in [0.05, 0.1) is 12.1 Å². The van der Waals surface area contributed by atoms with E-state index in [1.54, 1.807) is 18.4 Å². The number of amides is 1. The van der Waals surface area contributed by atoms with Crippen LogP contribution in [0, 0.1) is 5.92 Å². The Morgan fingerprint density at radius 1 is 1.52 bits per heavy atom. The minimum Gasteiger partial charge on any atom is -0.385 e. The zero-order chi connectivity index (χ0) is 15.1. The second-order valence-corrected chi connectivity index (χ2v) is 6.77. The first-order chi connectivity index (χ1) is 10.2. The van der Waals surface area contributed by atoms with Crippen molar-refractivity contribution in [3.8, 4) is 0 Å². The molecule has 118 valence electrons. The third-order valence-corrected chi connectivity index (χ3v) is 5.17. The standard InChI is InChI=1S/C16H26N2O2S/c1-20-10-4-8-13(17)16(19)18-15(12-6-2-3-7-12)14-9-5-11-21-14/h5,9,11-13,15H,2-4,6-8,10,17H2,1H3,(H,18,19). The Balaban J connectivity index is 1.93. The monoisotopic (exact) mass is 310 g/mol. The fourth-order valence-electron chi connectivity index (χ4n) is 3.02. The molecule has 1 aromatic heterocycles. The van der Waals surface area contributed by atoms with Crippen LogP contribution >= 0.6 is 11.3 Å². The van der Waals surface area contributed by atoms with Gasteiger partial charge in [0.2, 0.25) is 5.91 Å². The summed E-state index contributed by atoms with van der Waals surface area (Å²) in [7, 11) is 1.67. The van der Waals surface area contributed by atoms with E-state index in [0.29, 0.717) is 18.9 Å². The van der Waals surface area contributed by atoms with Gasteiger partial charge in [-0.05, 0) is 43.0 Å². The predicted molar refractivity (Wildman–Crippen MR) is 86.2 cm³/mol. The molecule has 0 spiro atoms. The highest BCUT2D eigenvalue weighted by Gasteiger charge is 2.29. The van der Waals surface area contributed by atoms with Gasteiger partial charge in [0.1, 0.15) is 0 Å². The van der Waals surface area contributed by atoms with Gasteiger partial charge in [-0.15, -0.1) is 11.3 Å². The molecule has 0 saturated heterocycles. The van der Waals surface area contributed by atoms with E-state index in [4.69, 9.17) is 10.5 Å². The summed E-state index contributed by atoms with van der Waals surface area (Å²) in [5, 5.41) is 5.27. The molecule has 1 amide bonds. The van der Waals surface area contributed by atoms with Gasteiger partial charge >= 0.3 is 0 Å². The molecular formula is C16H26N2O2S. The van der Waals surface area contributed by atoms with Crippen molar-refractivity contribution in [2.45, 2.75) is 50.6 Å². The summed E-state index contributed by atoms with van der Waals surface area (Å²) in [4.78, 5) is 13.6. The number of methoxy groups -OCH3 is 1. The molecule has 1 saturated carbocycles. The van der Waals surface area contributed by atoms with E-state index in [2.05, 4.69) is 16.8 Å². The van der Waals surface area contributed by atoms with E-state index >= 15 is 0 Å². The van der Waals surface area contributed by atoms with Crippen LogP contribution in [0.3, 0.4) is 0 Å². The van der Waals surface area contributed by atoms with Crippen molar-refractivity contribution in [1.82, 2.24) is 5.32 Å². The Hall–Kier alpha value is -0.910. The first-order valence-corrected chi connectivity index (χ1v) is 8.68. The summed E-state index contributed by atoms with van der Waals surface area (Å²) >= 11 is 1.72. The molecule has 0 radical (unpaired) electrons. The second-order valence-electron chi connectivity index (χ2n) is 5.79. The molecule has 1 aromatic rings. The molecule has 1 aliphatic rings. The van der Waals surface area contributed by atoms with Crippen LogP contribution in [0.25, 0.3) is 0 Å². The van der Waals surface area contributed by atoms with Gasteiger partial charge in [0.25, 0.3) is 0 Å². The van der Waals surface area contributed by atoms with E-state index in [1.165, 1.54) is 30.6 Å². The van der Waals surface area contributed by atoms with Gasteiger partial charge in [0.15, 0.2) is 0 Å². The summed E-state index contributed by atoms with van der Waals surface area (Å²) in [6.45, 7) is 0.651. The predicted octanol–water partition coefficient (Wildman–Crippen LogP) is 2.85. The van der Waals surface area contributed by atoms with Crippen molar-refractivity contribution in [3.05, 3.63) is 22.4 Å². The first-order valence-electron chi connectivity index (χ1n) is 7.80. The Kier molecular flexibility index (Phi) is 6.67. The van der Waals surface area contributed by atoms with E-state index in [1.807, 2.05) is 6.07 Å². The Morgan fingerprint density at radius 2 is 2.29 bits per heavy atom. The normalized spacial score (nSPS) is 18.6. The third kappa shape index (κ3) is 4.80. The number of nitrogens with two attached hydrogens (primary N) is 1. The molecule has 4 nitrogen and oxygen atoms in total. The lowest BCUT2D eigenvalue weighted by Crippen LogP contribution is -2.43. The van der Waals surface area contributed by atoms with Crippen molar-refractivity contribution < 1.29 is 9.53 Å². The maximum Gasteiger partial charge on any atom is 0.237 e. The SMILES string of the molecule is COCCCC(N)C(=O)NC(c1cccs1)C1CCCC1. The van der Waals surface area contributed by atoms with Crippen LogP contribution in [-0.2, 0) is 9.53 Å². The van der Waals surface area contributed by atoms with Gasteiger partial charge in [-0.25, -0.2) is 0 Å². The smallest absolute Gasteiger partial charge is 0.237 e. The maximum absolute atomic E-state index is 12.3. The molecule has 0 aliphatic heterocycles. The molecule has 2 rings (SSSR count). The third-order valence-electron chi connectivity index (χ3n) is 4.22. The highest BCUT2D eigenvalue weighted by molar-refractivity contribution is 7.10. The molecular weight excluding hydrogens is 284 g/mol. The van der Waals surface area contributed by atoms with Crippen LogP contribution in [0.5, 0.6) is 0 Å².